The predicted octanol–water partition coefficient (Wildman–Crippen LogP) is 28.5. The Morgan fingerprint density at radius 1 is 0.265 bits per heavy atom. The van der Waals surface area contributed by atoms with Crippen LogP contribution in [0.4, 0.5) is 34.1 Å². The van der Waals surface area contributed by atoms with Gasteiger partial charge in [-0.1, -0.05) is 314 Å². The summed E-state index contributed by atoms with van der Waals surface area (Å²) in [7, 11) is 0. The number of rotatable bonds is 9. The first-order valence-electron chi connectivity index (χ1n) is 41.7. The van der Waals surface area contributed by atoms with E-state index in [4.69, 9.17) is 0 Å². The second-order valence-electron chi connectivity index (χ2n) is 39.3. The third kappa shape index (κ3) is 12.8. The van der Waals surface area contributed by atoms with Crippen LogP contribution in [0.3, 0.4) is 0 Å². The second kappa shape index (κ2) is 26.9. The van der Waals surface area contributed by atoms with Gasteiger partial charge in [0.15, 0.2) is 0 Å². The maximum atomic E-state index is 2.82. The van der Waals surface area contributed by atoms with Gasteiger partial charge in [-0.15, -0.1) is 0 Å². The Bertz CT molecular complexity index is 6000. The standard InChI is InChI=1S/C108H109BN4/c1-103(2,3)74-46-54-92-88(58-74)89-59-75(104(4,5)6)47-55-93(89)110(92)80-48-52-90-96(66-80)112(101-84(69-36-26-20-27-37-69)60-78(107(13,14)15)61-85(101)70-38-28-21-29-39-70)98-56-73(68-34-24-19-25-35-68)57-99-100(98)109(90)91-53-49-81(111-94-64-76(105(7,8)9)44-50-82(94)83-51-45-77(65-95(83)111)106(10,11)12)67-97(91)113(99)102-86(71-40-30-22-31-41-71)62-79(108(16,17)18)63-87(102)72-42-32-23-33-43-72/h20-23,26-33,36-68H,19,24-25,34-35H2,1-18H3. The Balaban J connectivity index is 1.04. The Kier molecular flexibility index (Phi) is 17.5. The molecule has 4 nitrogen and oxygen atoms in total. The molecule has 1 aliphatic carbocycles. The normalized spacial score (nSPS) is 14.4. The molecule has 3 aliphatic rings. The first-order valence-corrected chi connectivity index (χ1v) is 41.7. The lowest BCUT2D eigenvalue weighted by atomic mass is 9.33. The zero-order valence-corrected chi connectivity index (χ0v) is 69.9. The fourth-order valence-corrected chi connectivity index (χ4v) is 18.9. The van der Waals surface area contributed by atoms with Gasteiger partial charge in [0.1, 0.15) is 0 Å². The molecule has 18 rings (SSSR count). The summed E-state index contributed by atoms with van der Waals surface area (Å²) in [6.07, 6.45) is 5.89. The SMILES string of the molecule is CC(C)(C)c1cc(-c2ccccc2)c(N2c3cc(-n4c5ccc(C(C)(C)C)cc5c5cc(C(C)(C)C)ccc54)ccc3B3c4ccc(-n5c6cc(C(C)(C)C)ccc6c6ccc(C(C)(C)C)cc65)cc4N(c4c(-c5ccccc5)cc(C(C)(C)C)cc4-c4ccccc4)c4cc(C5CCCCC5)cc2c43)c(-c2ccccc2)c1. The van der Waals surface area contributed by atoms with Crippen molar-refractivity contribution in [1.29, 1.82) is 0 Å². The smallest absolute Gasteiger partial charge is 0.252 e. The number of hydrogen-bond donors (Lipinski definition) is 0. The molecular weight excluding hydrogens is 1360 g/mol. The molecule has 2 aliphatic heterocycles. The van der Waals surface area contributed by atoms with Crippen LogP contribution < -0.4 is 26.2 Å². The van der Waals surface area contributed by atoms with Gasteiger partial charge >= 0.3 is 0 Å². The van der Waals surface area contributed by atoms with Gasteiger partial charge in [0.05, 0.1) is 33.4 Å². The van der Waals surface area contributed by atoms with E-state index in [1.54, 1.807) is 0 Å². The van der Waals surface area contributed by atoms with Crippen molar-refractivity contribution < 1.29 is 0 Å². The third-order valence-electron chi connectivity index (χ3n) is 25.4. The molecule has 0 unspecified atom stereocenters. The van der Waals surface area contributed by atoms with E-state index in [1.807, 2.05) is 0 Å². The molecule has 0 radical (unpaired) electrons. The zero-order chi connectivity index (χ0) is 78.7. The van der Waals surface area contributed by atoms with Crippen molar-refractivity contribution in [2.75, 3.05) is 9.80 Å². The lowest BCUT2D eigenvalue weighted by Gasteiger charge is -2.46. The number of aromatic nitrogens is 2. The van der Waals surface area contributed by atoms with Gasteiger partial charge in [0, 0.05) is 77.9 Å². The average Bonchev–Trinajstić information content (AvgIpc) is 0.976. The highest BCUT2D eigenvalue weighted by atomic mass is 15.2. The Morgan fingerprint density at radius 3 is 0.920 bits per heavy atom. The van der Waals surface area contributed by atoms with Crippen LogP contribution in [0.15, 0.2) is 267 Å². The largest absolute Gasteiger partial charge is 0.310 e. The van der Waals surface area contributed by atoms with Crippen LogP contribution in [-0.4, -0.2) is 15.8 Å². The van der Waals surface area contributed by atoms with Crippen LogP contribution in [-0.2, 0) is 32.5 Å². The van der Waals surface area contributed by atoms with Crippen molar-refractivity contribution in [3.63, 3.8) is 0 Å². The van der Waals surface area contributed by atoms with Crippen LogP contribution in [0, 0.1) is 0 Å². The van der Waals surface area contributed by atoms with Crippen LogP contribution in [0.1, 0.15) is 202 Å². The molecule has 4 heterocycles. The number of benzene rings is 13. The fraction of sp³-hybridized carbons (Fsp3) is 0.278. The summed E-state index contributed by atoms with van der Waals surface area (Å²) in [5.74, 6) is 0.323. The van der Waals surface area contributed by atoms with E-state index in [9.17, 15) is 0 Å². The van der Waals surface area contributed by atoms with Gasteiger partial charge in [0.25, 0.3) is 6.71 Å². The first-order chi connectivity index (χ1) is 53.8. The number of fused-ring (bicyclic) bond motifs is 10. The van der Waals surface area contributed by atoms with E-state index in [1.165, 1.54) is 197 Å². The second-order valence-corrected chi connectivity index (χ2v) is 39.3. The van der Waals surface area contributed by atoms with Gasteiger partial charge in [-0.25, -0.2) is 0 Å². The molecule has 564 valence electrons. The van der Waals surface area contributed by atoms with Gasteiger partial charge in [-0.05, 0) is 226 Å². The van der Waals surface area contributed by atoms with Crippen molar-refractivity contribution in [3.8, 4) is 55.9 Å². The summed E-state index contributed by atoms with van der Waals surface area (Å²) in [5, 5.41) is 5.08. The molecule has 0 bridgehead atoms. The maximum absolute atomic E-state index is 2.82. The highest BCUT2D eigenvalue weighted by Crippen LogP contribution is 2.57. The first kappa shape index (κ1) is 73.6. The highest BCUT2D eigenvalue weighted by molar-refractivity contribution is 7.00. The lowest BCUT2D eigenvalue weighted by molar-refractivity contribution is 0.444. The molecule has 0 atom stereocenters. The van der Waals surface area contributed by atoms with E-state index < -0.39 is 0 Å². The van der Waals surface area contributed by atoms with Crippen molar-refractivity contribution in [2.24, 2.45) is 0 Å². The minimum atomic E-state index is -0.232. The number of anilines is 6. The van der Waals surface area contributed by atoms with Crippen molar-refractivity contribution in [1.82, 2.24) is 9.13 Å². The topological polar surface area (TPSA) is 16.3 Å². The van der Waals surface area contributed by atoms with E-state index in [2.05, 4.69) is 410 Å². The highest BCUT2D eigenvalue weighted by Gasteiger charge is 2.47. The minimum Gasteiger partial charge on any atom is -0.310 e. The van der Waals surface area contributed by atoms with Crippen molar-refractivity contribution in [2.45, 2.75) is 195 Å². The third-order valence-corrected chi connectivity index (χ3v) is 25.4. The molecular formula is C108H109BN4. The Morgan fingerprint density at radius 2 is 0.584 bits per heavy atom. The Labute approximate surface area is 672 Å². The average molecular weight is 1470 g/mol. The summed E-state index contributed by atoms with van der Waals surface area (Å²) in [6.45, 7) is 42.3. The lowest BCUT2D eigenvalue weighted by Crippen LogP contribution is -2.61. The molecule has 0 amide bonds. The van der Waals surface area contributed by atoms with Crippen molar-refractivity contribution >= 4 is 101 Å². The molecule has 113 heavy (non-hydrogen) atoms. The van der Waals surface area contributed by atoms with Gasteiger partial charge < -0.3 is 18.9 Å². The molecule has 1 saturated carbocycles. The molecule has 15 aromatic rings. The van der Waals surface area contributed by atoms with E-state index >= 15 is 0 Å². The van der Waals surface area contributed by atoms with Gasteiger partial charge in [-0.3, -0.25) is 0 Å². The molecule has 0 saturated heterocycles. The predicted molar refractivity (Wildman–Crippen MR) is 489 cm³/mol. The van der Waals surface area contributed by atoms with Crippen LogP contribution >= 0.6 is 0 Å². The van der Waals surface area contributed by atoms with Crippen molar-refractivity contribution in [3.05, 3.63) is 306 Å². The molecule has 5 heteroatoms. The number of hydrogen-bond acceptors (Lipinski definition) is 2. The van der Waals surface area contributed by atoms with Crippen LogP contribution in [0.2, 0.25) is 0 Å². The molecule has 1 fully saturated rings. The Hall–Kier alpha value is -10.9. The quantitative estimate of drug-likeness (QED) is 0.134. The van der Waals surface area contributed by atoms with Gasteiger partial charge in [-0.2, -0.15) is 0 Å². The maximum Gasteiger partial charge on any atom is 0.252 e. The molecule has 0 N–H and O–H groups in total. The van der Waals surface area contributed by atoms with E-state index in [0.717, 1.165) is 24.2 Å². The van der Waals surface area contributed by atoms with E-state index in [0.29, 0.717) is 5.92 Å². The fourth-order valence-electron chi connectivity index (χ4n) is 18.9. The van der Waals surface area contributed by atoms with Crippen LogP contribution in [0.25, 0.3) is 99.5 Å². The summed E-state index contributed by atoms with van der Waals surface area (Å²) in [5.41, 5.74) is 36.2. The van der Waals surface area contributed by atoms with Crippen LogP contribution in [0.5, 0.6) is 0 Å². The zero-order valence-electron chi connectivity index (χ0n) is 69.9. The summed E-state index contributed by atoms with van der Waals surface area (Å²) in [6, 6.07) is 106. The minimum absolute atomic E-state index is 0.0570. The molecule has 13 aromatic carbocycles. The summed E-state index contributed by atoms with van der Waals surface area (Å²) < 4.78 is 5.23. The molecule has 0 spiro atoms. The summed E-state index contributed by atoms with van der Waals surface area (Å²) >= 11 is 0. The van der Waals surface area contributed by atoms with E-state index in [-0.39, 0.29) is 39.2 Å². The molecule has 2 aromatic heterocycles. The summed E-state index contributed by atoms with van der Waals surface area (Å²) in [4.78, 5) is 5.63. The monoisotopic (exact) mass is 1470 g/mol. The number of nitrogens with zero attached hydrogens (tertiary/aromatic N) is 4. The van der Waals surface area contributed by atoms with Gasteiger partial charge in [0.2, 0.25) is 0 Å².